The number of methoxy groups -OCH3 is 1. The van der Waals surface area contributed by atoms with Crippen molar-refractivity contribution in [3.63, 3.8) is 0 Å². The summed E-state index contributed by atoms with van der Waals surface area (Å²) in [5.74, 6) is 1.49. The standard InChI is InChI=1S/C24H21ClN2O5/c1-30-19-6-8-20(9-7-19)31-12-11-27-21-14-18(5-10-22(21)32-15-23(27)28)26-24(29)16-3-2-4-17(25)13-16/h2-10,13-14H,11-12,15H2,1H3,(H,26,29). The van der Waals surface area contributed by atoms with Gasteiger partial charge in [-0.15, -0.1) is 0 Å². The molecule has 3 aromatic carbocycles. The number of nitrogens with one attached hydrogen (secondary N) is 1. The minimum absolute atomic E-state index is 0.0518. The fraction of sp³-hybridized carbons (Fsp3) is 0.167. The van der Waals surface area contributed by atoms with E-state index in [9.17, 15) is 9.59 Å². The average molecular weight is 453 g/mol. The Labute approximate surface area is 190 Å². The molecule has 8 heteroatoms. The number of benzene rings is 3. The molecule has 0 saturated heterocycles. The highest BCUT2D eigenvalue weighted by Crippen LogP contribution is 2.34. The van der Waals surface area contributed by atoms with Crippen molar-refractivity contribution in [2.45, 2.75) is 0 Å². The molecule has 0 atom stereocenters. The lowest BCUT2D eigenvalue weighted by molar-refractivity contribution is -0.121. The fourth-order valence-corrected chi connectivity index (χ4v) is 3.48. The van der Waals surface area contributed by atoms with Crippen LogP contribution in [0.5, 0.6) is 17.2 Å². The van der Waals surface area contributed by atoms with Crippen molar-refractivity contribution >= 4 is 34.8 Å². The monoisotopic (exact) mass is 452 g/mol. The molecular formula is C24H21ClN2O5. The molecule has 32 heavy (non-hydrogen) atoms. The molecule has 0 aromatic heterocycles. The van der Waals surface area contributed by atoms with Crippen molar-refractivity contribution in [2.75, 3.05) is 37.1 Å². The molecule has 1 N–H and O–H groups in total. The summed E-state index contributed by atoms with van der Waals surface area (Å²) in [5, 5.41) is 3.31. The van der Waals surface area contributed by atoms with Crippen molar-refractivity contribution < 1.29 is 23.8 Å². The van der Waals surface area contributed by atoms with Crippen molar-refractivity contribution in [3.05, 3.63) is 77.3 Å². The van der Waals surface area contributed by atoms with Crippen molar-refractivity contribution in [1.29, 1.82) is 0 Å². The van der Waals surface area contributed by atoms with Crippen LogP contribution in [0.2, 0.25) is 5.02 Å². The SMILES string of the molecule is COc1ccc(OCCN2C(=O)COc3ccc(NC(=O)c4cccc(Cl)c4)cc32)cc1. The second kappa shape index (κ2) is 9.62. The normalized spacial score (nSPS) is 12.6. The minimum Gasteiger partial charge on any atom is -0.497 e. The van der Waals surface area contributed by atoms with Crippen LogP contribution >= 0.6 is 11.6 Å². The Bertz CT molecular complexity index is 1130. The van der Waals surface area contributed by atoms with Gasteiger partial charge in [-0.2, -0.15) is 0 Å². The molecule has 0 radical (unpaired) electrons. The van der Waals surface area contributed by atoms with Gasteiger partial charge in [0.25, 0.3) is 11.8 Å². The van der Waals surface area contributed by atoms with Gasteiger partial charge in [0, 0.05) is 16.3 Å². The third-order valence-electron chi connectivity index (χ3n) is 4.89. The zero-order valence-corrected chi connectivity index (χ0v) is 18.1. The van der Waals surface area contributed by atoms with E-state index in [1.165, 1.54) is 0 Å². The summed E-state index contributed by atoms with van der Waals surface area (Å²) >= 11 is 5.97. The van der Waals surface area contributed by atoms with Gasteiger partial charge in [-0.05, 0) is 60.7 Å². The van der Waals surface area contributed by atoms with E-state index in [-0.39, 0.29) is 25.0 Å². The molecule has 0 bridgehead atoms. The Balaban J connectivity index is 1.46. The second-order valence-electron chi connectivity index (χ2n) is 7.01. The number of halogens is 1. The Kier molecular flexibility index (Phi) is 6.47. The lowest BCUT2D eigenvalue weighted by Gasteiger charge is -2.29. The smallest absolute Gasteiger partial charge is 0.265 e. The topological polar surface area (TPSA) is 77.1 Å². The number of hydrogen-bond acceptors (Lipinski definition) is 5. The van der Waals surface area contributed by atoms with Gasteiger partial charge >= 0.3 is 0 Å². The molecule has 1 aliphatic rings. The van der Waals surface area contributed by atoms with E-state index in [1.54, 1.807) is 78.7 Å². The number of fused-ring (bicyclic) bond motifs is 1. The number of nitrogens with zero attached hydrogens (tertiary/aromatic N) is 1. The number of carbonyl (C=O) groups excluding carboxylic acids is 2. The molecule has 0 spiro atoms. The van der Waals surface area contributed by atoms with Gasteiger partial charge in [-0.25, -0.2) is 0 Å². The highest BCUT2D eigenvalue weighted by atomic mass is 35.5. The van der Waals surface area contributed by atoms with E-state index in [1.807, 2.05) is 0 Å². The third kappa shape index (κ3) is 4.95. The Morgan fingerprint density at radius 3 is 2.62 bits per heavy atom. The summed E-state index contributed by atoms with van der Waals surface area (Å²) in [4.78, 5) is 26.6. The Hall–Kier alpha value is -3.71. The summed E-state index contributed by atoms with van der Waals surface area (Å²) < 4.78 is 16.4. The largest absolute Gasteiger partial charge is 0.497 e. The number of hydrogen-bond donors (Lipinski definition) is 1. The van der Waals surface area contributed by atoms with Crippen LogP contribution in [0.1, 0.15) is 10.4 Å². The van der Waals surface area contributed by atoms with Crippen LogP contribution in [-0.4, -0.2) is 38.7 Å². The number of amides is 2. The molecule has 0 unspecified atom stereocenters. The molecule has 0 fully saturated rings. The van der Waals surface area contributed by atoms with E-state index in [0.717, 1.165) is 5.75 Å². The molecular weight excluding hydrogens is 432 g/mol. The Morgan fingerprint density at radius 1 is 1.09 bits per heavy atom. The van der Waals surface area contributed by atoms with Gasteiger partial charge in [0.05, 0.1) is 19.3 Å². The zero-order valence-electron chi connectivity index (χ0n) is 17.3. The summed E-state index contributed by atoms with van der Waals surface area (Å²) in [7, 11) is 1.60. The first kappa shape index (κ1) is 21.5. The van der Waals surface area contributed by atoms with Gasteiger partial charge in [0.15, 0.2) is 6.61 Å². The van der Waals surface area contributed by atoms with Crippen molar-refractivity contribution in [1.82, 2.24) is 0 Å². The van der Waals surface area contributed by atoms with Crippen LogP contribution in [0.4, 0.5) is 11.4 Å². The summed E-state index contributed by atoms with van der Waals surface area (Å²) in [6, 6.07) is 19.1. The van der Waals surface area contributed by atoms with Crippen molar-refractivity contribution in [2.24, 2.45) is 0 Å². The average Bonchev–Trinajstić information content (AvgIpc) is 2.81. The van der Waals surface area contributed by atoms with E-state index >= 15 is 0 Å². The molecule has 1 heterocycles. The summed E-state index contributed by atoms with van der Waals surface area (Å²) in [6.07, 6.45) is 0. The van der Waals surface area contributed by atoms with Gasteiger partial charge < -0.3 is 24.4 Å². The molecule has 3 aromatic rings. The fourth-order valence-electron chi connectivity index (χ4n) is 3.28. The summed E-state index contributed by atoms with van der Waals surface area (Å²) in [6.45, 7) is 0.563. The van der Waals surface area contributed by atoms with Crippen LogP contribution in [-0.2, 0) is 4.79 Å². The summed E-state index contributed by atoms with van der Waals surface area (Å²) in [5.41, 5.74) is 1.55. The second-order valence-corrected chi connectivity index (χ2v) is 7.44. The zero-order chi connectivity index (χ0) is 22.5. The quantitative estimate of drug-likeness (QED) is 0.574. The van der Waals surface area contributed by atoms with Crippen LogP contribution in [0, 0.1) is 0 Å². The molecule has 0 aliphatic carbocycles. The first-order chi connectivity index (χ1) is 15.5. The van der Waals surface area contributed by atoms with E-state index in [0.29, 0.717) is 40.0 Å². The maximum absolute atomic E-state index is 12.5. The third-order valence-corrected chi connectivity index (χ3v) is 5.12. The lowest BCUT2D eigenvalue weighted by atomic mass is 10.1. The first-order valence-electron chi connectivity index (χ1n) is 9.94. The molecule has 2 amide bonds. The van der Waals surface area contributed by atoms with Crippen molar-refractivity contribution in [3.8, 4) is 17.2 Å². The number of anilines is 2. The first-order valence-corrected chi connectivity index (χ1v) is 10.3. The van der Waals surface area contributed by atoms with Crippen LogP contribution < -0.4 is 24.4 Å². The highest BCUT2D eigenvalue weighted by molar-refractivity contribution is 6.31. The molecule has 164 valence electrons. The Morgan fingerprint density at radius 2 is 1.88 bits per heavy atom. The van der Waals surface area contributed by atoms with E-state index in [2.05, 4.69) is 5.32 Å². The molecule has 1 aliphatic heterocycles. The lowest BCUT2D eigenvalue weighted by Crippen LogP contribution is -2.41. The van der Waals surface area contributed by atoms with Gasteiger partial charge in [0.1, 0.15) is 23.9 Å². The number of ether oxygens (including phenoxy) is 3. The van der Waals surface area contributed by atoms with E-state index < -0.39 is 0 Å². The van der Waals surface area contributed by atoms with Crippen LogP contribution in [0.15, 0.2) is 66.7 Å². The maximum atomic E-state index is 12.5. The minimum atomic E-state index is -0.301. The number of rotatable bonds is 7. The highest BCUT2D eigenvalue weighted by Gasteiger charge is 2.26. The van der Waals surface area contributed by atoms with Crippen LogP contribution in [0.25, 0.3) is 0 Å². The molecule has 7 nitrogen and oxygen atoms in total. The van der Waals surface area contributed by atoms with Gasteiger partial charge in [-0.1, -0.05) is 17.7 Å². The van der Waals surface area contributed by atoms with Gasteiger partial charge in [-0.3, -0.25) is 9.59 Å². The molecule has 4 rings (SSSR count). The van der Waals surface area contributed by atoms with Crippen LogP contribution in [0.3, 0.4) is 0 Å². The van der Waals surface area contributed by atoms with E-state index in [4.69, 9.17) is 25.8 Å². The predicted octanol–water partition coefficient (Wildman–Crippen LogP) is 4.41. The maximum Gasteiger partial charge on any atom is 0.265 e. The molecule has 0 saturated carbocycles. The predicted molar refractivity (Wildman–Crippen MR) is 122 cm³/mol. The van der Waals surface area contributed by atoms with Gasteiger partial charge in [0.2, 0.25) is 0 Å². The number of carbonyl (C=O) groups is 2.